The van der Waals surface area contributed by atoms with Gasteiger partial charge in [0.1, 0.15) is 16.7 Å². The molecule has 0 unspecified atom stereocenters. The van der Waals surface area contributed by atoms with Gasteiger partial charge in [-0.05, 0) is 57.4 Å². The van der Waals surface area contributed by atoms with E-state index >= 15 is 0 Å². The number of furan rings is 2. The molecule has 0 aliphatic heterocycles. The van der Waals surface area contributed by atoms with Crippen molar-refractivity contribution in [3.8, 4) is 45.3 Å². The van der Waals surface area contributed by atoms with Gasteiger partial charge in [0, 0.05) is 50.0 Å². The summed E-state index contributed by atoms with van der Waals surface area (Å²) in [5, 5.41) is 8.59. The molecule has 0 spiro atoms. The van der Waals surface area contributed by atoms with Crippen molar-refractivity contribution in [3.05, 3.63) is 158 Å². The van der Waals surface area contributed by atoms with Crippen LogP contribution in [-0.4, -0.2) is 19.9 Å². The lowest BCUT2D eigenvalue weighted by molar-refractivity contribution is 0.667. The van der Waals surface area contributed by atoms with Gasteiger partial charge in [-0.25, -0.2) is 15.0 Å². The van der Waals surface area contributed by atoms with Crippen LogP contribution < -0.4 is 0 Å². The SMILES string of the molecule is c1ccc2cc(-c3nc(-c4ccc5c(-c6cncc7oc8ccccc8c67)cccc5c4)nc(-c4cccc5oc6ccccc6c45)n3)ccc2c1. The monoisotopic (exact) mass is 666 g/mol. The first-order valence-corrected chi connectivity index (χ1v) is 17.2. The molecule has 0 N–H and O–H groups in total. The summed E-state index contributed by atoms with van der Waals surface area (Å²) in [6.07, 6.45) is 3.72. The molecule has 0 bridgehead atoms. The fourth-order valence-corrected chi connectivity index (χ4v) is 7.58. The molecule has 7 aromatic carbocycles. The summed E-state index contributed by atoms with van der Waals surface area (Å²) in [4.78, 5) is 20.0. The first kappa shape index (κ1) is 28.6. The Bertz CT molecular complexity index is 3210. The zero-order valence-corrected chi connectivity index (χ0v) is 27.6. The number of benzene rings is 7. The molecule has 0 aliphatic rings. The van der Waals surface area contributed by atoms with Crippen LogP contribution in [0.3, 0.4) is 0 Å². The van der Waals surface area contributed by atoms with Gasteiger partial charge in [-0.15, -0.1) is 0 Å². The minimum Gasteiger partial charge on any atom is -0.456 e. The minimum atomic E-state index is 0.587. The maximum Gasteiger partial charge on any atom is 0.164 e. The molecule has 6 nitrogen and oxygen atoms in total. The van der Waals surface area contributed by atoms with E-state index < -0.39 is 0 Å². The van der Waals surface area contributed by atoms with Gasteiger partial charge in [0.05, 0.1) is 6.20 Å². The van der Waals surface area contributed by atoms with Gasteiger partial charge in [0.25, 0.3) is 0 Å². The quantitative estimate of drug-likeness (QED) is 0.186. The fraction of sp³-hybridized carbons (Fsp3) is 0. The normalized spacial score (nSPS) is 11.8. The molecule has 242 valence electrons. The Kier molecular flexibility index (Phi) is 6.15. The highest BCUT2D eigenvalue weighted by Gasteiger charge is 2.19. The van der Waals surface area contributed by atoms with Crippen LogP contribution in [0.1, 0.15) is 0 Å². The third kappa shape index (κ3) is 4.44. The summed E-state index contributed by atoms with van der Waals surface area (Å²) in [5.74, 6) is 1.78. The van der Waals surface area contributed by atoms with Gasteiger partial charge in [-0.3, -0.25) is 4.98 Å². The van der Waals surface area contributed by atoms with E-state index in [4.69, 9.17) is 23.8 Å². The molecule has 11 aromatic rings. The lowest BCUT2D eigenvalue weighted by Gasteiger charge is -2.12. The second-order valence-corrected chi connectivity index (χ2v) is 13.0. The van der Waals surface area contributed by atoms with Crippen LogP contribution in [0.15, 0.2) is 167 Å². The molecule has 0 saturated carbocycles. The smallest absolute Gasteiger partial charge is 0.164 e. The van der Waals surface area contributed by atoms with E-state index in [1.54, 1.807) is 6.20 Å². The number of para-hydroxylation sites is 2. The lowest BCUT2D eigenvalue weighted by atomic mass is 9.95. The van der Waals surface area contributed by atoms with Crippen molar-refractivity contribution in [2.75, 3.05) is 0 Å². The van der Waals surface area contributed by atoms with Crippen molar-refractivity contribution in [1.82, 2.24) is 19.9 Å². The zero-order chi connectivity index (χ0) is 34.2. The van der Waals surface area contributed by atoms with Gasteiger partial charge in [0.15, 0.2) is 23.1 Å². The van der Waals surface area contributed by atoms with Crippen molar-refractivity contribution in [1.29, 1.82) is 0 Å². The first-order valence-electron chi connectivity index (χ1n) is 17.2. The summed E-state index contributed by atoms with van der Waals surface area (Å²) in [6, 6.07) is 49.8. The highest BCUT2D eigenvalue weighted by molar-refractivity contribution is 6.15. The maximum atomic E-state index is 6.25. The van der Waals surface area contributed by atoms with Crippen LogP contribution in [-0.2, 0) is 0 Å². The van der Waals surface area contributed by atoms with Crippen LogP contribution in [0.25, 0.3) is 111 Å². The van der Waals surface area contributed by atoms with Gasteiger partial charge in [-0.1, -0.05) is 115 Å². The Morgan fingerprint density at radius 1 is 0.346 bits per heavy atom. The Hall–Kier alpha value is -7.18. The van der Waals surface area contributed by atoms with E-state index in [0.29, 0.717) is 17.5 Å². The van der Waals surface area contributed by atoms with E-state index in [2.05, 4.69) is 102 Å². The van der Waals surface area contributed by atoms with Gasteiger partial charge in [-0.2, -0.15) is 0 Å². The molecular formula is C46H26N4O2. The van der Waals surface area contributed by atoms with E-state index in [0.717, 1.165) is 93.2 Å². The average Bonchev–Trinajstić information content (AvgIpc) is 3.79. The van der Waals surface area contributed by atoms with Gasteiger partial charge in [0.2, 0.25) is 0 Å². The van der Waals surface area contributed by atoms with E-state index in [-0.39, 0.29) is 0 Å². The van der Waals surface area contributed by atoms with Crippen LogP contribution in [0, 0.1) is 0 Å². The molecule has 0 aliphatic carbocycles. The molecule has 0 fully saturated rings. The molecular weight excluding hydrogens is 641 g/mol. The molecule has 4 heterocycles. The number of aromatic nitrogens is 4. The molecule has 0 atom stereocenters. The number of rotatable bonds is 4. The van der Waals surface area contributed by atoms with Gasteiger partial charge < -0.3 is 8.83 Å². The maximum absolute atomic E-state index is 6.25. The van der Waals surface area contributed by atoms with Crippen molar-refractivity contribution in [2.24, 2.45) is 0 Å². The van der Waals surface area contributed by atoms with Crippen LogP contribution in [0.5, 0.6) is 0 Å². The summed E-state index contributed by atoms with van der Waals surface area (Å²) in [5.41, 5.74) is 8.06. The second-order valence-electron chi connectivity index (χ2n) is 13.0. The van der Waals surface area contributed by atoms with Crippen LogP contribution >= 0.6 is 0 Å². The molecule has 11 rings (SSSR count). The third-order valence-electron chi connectivity index (χ3n) is 10.0. The highest BCUT2D eigenvalue weighted by Crippen LogP contribution is 2.40. The largest absolute Gasteiger partial charge is 0.456 e. The number of nitrogens with zero attached hydrogens (tertiary/aromatic N) is 4. The second kappa shape index (κ2) is 11.2. The standard InChI is InChI=1S/C46H26N4O2/c1-2-10-28-23-30(20-19-27(28)9-1)44-48-45(50-46(49-44)36-15-8-18-40-42(36)34-12-3-5-16-38(34)51-40)31-21-22-32-29(24-31)11-7-14-33(32)37-25-47-26-41-43(37)35-13-4-6-17-39(35)52-41/h1-26H. The van der Waals surface area contributed by atoms with Crippen molar-refractivity contribution >= 4 is 65.4 Å². The van der Waals surface area contributed by atoms with Crippen molar-refractivity contribution < 1.29 is 8.83 Å². The topological polar surface area (TPSA) is 77.8 Å². The van der Waals surface area contributed by atoms with Gasteiger partial charge >= 0.3 is 0 Å². The van der Waals surface area contributed by atoms with E-state index in [1.165, 1.54) is 0 Å². The summed E-state index contributed by atoms with van der Waals surface area (Å²) >= 11 is 0. The molecule has 6 heteroatoms. The minimum absolute atomic E-state index is 0.587. The number of hydrogen-bond donors (Lipinski definition) is 0. The molecule has 0 amide bonds. The number of fused-ring (bicyclic) bond motifs is 8. The molecule has 4 aromatic heterocycles. The molecule has 0 saturated heterocycles. The van der Waals surface area contributed by atoms with Crippen LogP contribution in [0.2, 0.25) is 0 Å². The molecule has 0 radical (unpaired) electrons. The van der Waals surface area contributed by atoms with E-state index in [9.17, 15) is 0 Å². The predicted molar refractivity (Wildman–Crippen MR) is 209 cm³/mol. The average molecular weight is 667 g/mol. The number of pyridine rings is 1. The fourth-order valence-electron chi connectivity index (χ4n) is 7.58. The predicted octanol–water partition coefficient (Wildman–Crippen LogP) is 12.0. The lowest BCUT2D eigenvalue weighted by Crippen LogP contribution is -2.00. The summed E-state index contributed by atoms with van der Waals surface area (Å²) < 4.78 is 12.4. The highest BCUT2D eigenvalue weighted by atomic mass is 16.3. The molecule has 52 heavy (non-hydrogen) atoms. The third-order valence-corrected chi connectivity index (χ3v) is 10.0. The Morgan fingerprint density at radius 2 is 0.923 bits per heavy atom. The Morgan fingerprint density at radius 3 is 1.73 bits per heavy atom. The Balaban J connectivity index is 1.12. The summed E-state index contributed by atoms with van der Waals surface area (Å²) in [7, 11) is 0. The number of hydrogen-bond acceptors (Lipinski definition) is 6. The Labute approximate surface area is 296 Å². The summed E-state index contributed by atoms with van der Waals surface area (Å²) in [6.45, 7) is 0. The van der Waals surface area contributed by atoms with Crippen molar-refractivity contribution in [3.63, 3.8) is 0 Å². The first-order chi connectivity index (χ1) is 25.7. The zero-order valence-electron chi connectivity index (χ0n) is 27.6. The van der Waals surface area contributed by atoms with E-state index in [1.807, 2.05) is 54.7 Å². The van der Waals surface area contributed by atoms with Crippen LogP contribution in [0.4, 0.5) is 0 Å². The van der Waals surface area contributed by atoms with Crippen molar-refractivity contribution in [2.45, 2.75) is 0 Å².